The van der Waals surface area contributed by atoms with Gasteiger partial charge in [0.15, 0.2) is 0 Å². The molecule has 0 radical (unpaired) electrons. The zero-order valence-electron chi connectivity index (χ0n) is 8.05. The van der Waals surface area contributed by atoms with Gasteiger partial charge in [-0.05, 0) is 12.0 Å². The van der Waals surface area contributed by atoms with Gasteiger partial charge in [0.05, 0.1) is 0 Å². The van der Waals surface area contributed by atoms with Crippen molar-refractivity contribution in [2.75, 3.05) is 0 Å². The second-order valence-corrected chi connectivity index (χ2v) is 2.63. The van der Waals surface area contributed by atoms with Gasteiger partial charge in [-0.15, -0.1) is 0 Å². The van der Waals surface area contributed by atoms with E-state index >= 15 is 0 Å². The van der Waals surface area contributed by atoms with E-state index < -0.39 is 12.0 Å². The van der Waals surface area contributed by atoms with E-state index in [0.29, 0.717) is 6.42 Å². The van der Waals surface area contributed by atoms with E-state index in [-0.39, 0.29) is 24.3 Å². The average molecular weight is 189 g/mol. The van der Waals surface area contributed by atoms with Crippen LogP contribution in [0.15, 0.2) is 30.3 Å². The van der Waals surface area contributed by atoms with Crippen molar-refractivity contribution in [3.63, 3.8) is 0 Å². The molecule has 0 unspecified atom stereocenters. The number of nitrogens with two attached hydrogens (primary N) is 1. The second-order valence-electron chi connectivity index (χ2n) is 2.63. The molecular formula is C9H12LiNO3. The van der Waals surface area contributed by atoms with Crippen molar-refractivity contribution < 1.29 is 34.2 Å². The molecule has 5 heteroatoms. The number of hydrogen-bond acceptors (Lipinski definition) is 3. The minimum atomic E-state index is -0.959. The second kappa shape index (κ2) is 7.60. The van der Waals surface area contributed by atoms with Gasteiger partial charge < -0.3 is 16.3 Å². The molecule has 0 saturated carbocycles. The Morgan fingerprint density at radius 2 is 1.86 bits per heavy atom. The fourth-order valence-electron chi connectivity index (χ4n) is 0.955. The van der Waals surface area contributed by atoms with E-state index in [1.165, 1.54) is 0 Å². The Morgan fingerprint density at radius 3 is 2.29 bits per heavy atom. The Morgan fingerprint density at radius 1 is 1.36 bits per heavy atom. The Labute approximate surface area is 94.6 Å². The predicted octanol–water partition coefficient (Wildman–Crippen LogP) is -2.53. The summed E-state index contributed by atoms with van der Waals surface area (Å²) in [5.41, 5.74) is 6.30. The fraction of sp³-hybridized carbons (Fsp3) is 0.222. The largest absolute Gasteiger partial charge is 1.00 e. The van der Waals surface area contributed by atoms with E-state index in [2.05, 4.69) is 0 Å². The van der Waals surface area contributed by atoms with Crippen LogP contribution in [0.3, 0.4) is 0 Å². The van der Waals surface area contributed by atoms with Crippen LogP contribution in [0, 0.1) is 0 Å². The zero-order valence-corrected chi connectivity index (χ0v) is 8.05. The number of carboxylic acid groups (broad SMARTS) is 1. The van der Waals surface area contributed by atoms with Crippen molar-refractivity contribution in [3.8, 4) is 0 Å². The van der Waals surface area contributed by atoms with Crippen molar-refractivity contribution in [1.29, 1.82) is 0 Å². The molecule has 14 heavy (non-hydrogen) atoms. The molecule has 0 bridgehead atoms. The van der Waals surface area contributed by atoms with Crippen molar-refractivity contribution in [2.45, 2.75) is 12.5 Å². The SMILES string of the molecule is N[C@@H](Cc1ccccc1)C(=O)O.[Li+].[OH-]. The third-order valence-electron chi connectivity index (χ3n) is 1.62. The van der Waals surface area contributed by atoms with E-state index in [0.717, 1.165) is 5.56 Å². The van der Waals surface area contributed by atoms with Crippen LogP contribution in [0.2, 0.25) is 0 Å². The van der Waals surface area contributed by atoms with E-state index in [4.69, 9.17) is 10.8 Å². The van der Waals surface area contributed by atoms with E-state index in [9.17, 15) is 4.79 Å². The summed E-state index contributed by atoms with van der Waals surface area (Å²) in [5.74, 6) is -0.959. The molecule has 4 nitrogen and oxygen atoms in total. The number of benzene rings is 1. The van der Waals surface area contributed by atoms with Gasteiger partial charge in [0.25, 0.3) is 0 Å². The standard InChI is InChI=1S/C9H11NO2.Li.H2O/c10-8(9(11)12)6-7-4-2-1-3-5-7;;/h1-5,8H,6,10H2,(H,11,12);;1H2/q;+1;/p-1/t8-;;/m0../s1. The quantitative estimate of drug-likeness (QED) is 0.512. The predicted molar refractivity (Wildman–Crippen MR) is 47.7 cm³/mol. The van der Waals surface area contributed by atoms with Crippen molar-refractivity contribution in [3.05, 3.63) is 35.9 Å². The van der Waals surface area contributed by atoms with Gasteiger partial charge in [0.1, 0.15) is 6.04 Å². The number of carbonyl (C=O) groups is 1. The molecule has 0 aliphatic heterocycles. The molecule has 0 aliphatic carbocycles. The Balaban J connectivity index is 0. The minimum Gasteiger partial charge on any atom is -0.870 e. The molecule has 1 aromatic carbocycles. The van der Waals surface area contributed by atoms with Crippen LogP contribution in [0.25, 0.3) is 0 Å². The van der Waals surface area contributed by atoms with Gasteiger partial charge in [0, 0.05) is 0 Å². The molecule has 0 spiro atoms. The number of carboxylic acids is 1. The number of aliphatic carboxylic acids is 1. The van der Waals surface area contributed by atoms with Gasteiger partial charge in [-0.1, -0.05) is 30.3 Å². The maximum Gasteiger partial charge on any atom is 1.00 e. The van der Waals surface area contributed by atoms with Crippen molar-refractivity contribution >= 4 is 5.97 Å². The molecule has 1 aromatic rings. The van der Waals surface area contributed by atoms with Crippen LogP contribution in [0.4, 0.5) is 0 Å². The van der Waals surface area contributed by atoms with Crippen LogP contribution in [0.5, 0.6) is 0 Å². The normalized spacial score (nSPS) is 10.6. The van der Waals surface area contributed by atoms with Crippen LogP contribution < -0.4 is 24.6 Å². The van der Waals surface area contributed by atoms with E-state index in [1.54, 1.807) is 0 Å². The smallest absolute Gasteiger partial charge is 0.870 e. The van der Waals surface area contributed by atoms with Gasteiger partial charge in [-0.3, -0.25) is 4.79 Å². The molecule has 1 rings (SSSR count). The fourth-order valence-corrected chi connectivity index (χ4v) is 0.955. The monoisotopic (exact) mass is 189 g/mol. The Hall–Kier alpha value is -0.793. The van der Waals surface area contributed by atoms with Gasteiger partial charge >= 0.3 is 24.8 Å². The minimum absolute atomic E-state index is 0. The van der Waals surface area contributed by atoms with Crippen molar-refractivity contribution in [1.82, 2.24) is 0 Å². The summed E-state index contributed by atoms with van der Waals surface area (Å²) in [4.78, 5) is 10.4. The summed E-state index contributed by atoms with van der Waals surface area (Å²) in [7, 11) is 0. The summed E-state index contributed by atoms with van der Waals surface area (Å²) in [6.07, 6.45) is 0.385. The van der Waals surface area contributed by atoms with Crippen LogP contribution in [0.1, 0.15) is 5.56 Å². The third-order valence-corrected chi connectivity index (χ3v) is 1.62. The first-order chi connectivity index (χ1) is 5.70. The molecule has 0 saturated heterocycles. The maximum atomic E-state index is 10.4. The molecule has 0 fully saturated rings. The summed E-state index contributed by atoms with van der Waals surface area (Å²) in [6, 6.07) is 8.54. The molecule has 72 valence electrons. The Kier molecular flexibility index (Phi) is 8.50. The average Bonchev–Trinajstić information content (AvgIpc) is 2.06. The molecule has 0 amide bonds. The van der Waals surface area contributed by atoms with Crippen LogP contribution in [-0.4, -0.2) is 22.6 Å². The van der Waals surface area contributed by atoms with E-state index in [1.807, 2.05) is 30.3 Å². The summed E-state index contributed by atoms with van der Waals surface area (Å²) in [5, 5.41) is 8.52. The molecular weight excluding hydrogens is 177 g/mol. The zero-order chi connectivity index (χ0) is 8.97. The summed E-state index contributed by atoms with van der Waals surface area (Å²) < 4.78 is 0. The van der Waals surface area contributed by atoms with Gasteiger partial charge in [-0.25, -0.2) is 0 Å². The van der Waals surface area contributed by atoms with Crippen LogP contribution >= 0.6 is 0 Å². The summed E-state index contributed by atoms with van der Waals surface area (Å²) in [6.45, 7) is 0. The first kappa shape index (κ1) is 15.7. The van der Waals surface area contributed by atoms with Crippen molar-refractivity contribution in [2.24, 2.45) is 5.73 Å². The molecule has 0 aromatic heterocycles. The van der Waals surface area contributed by atoms with Gasteiger partial charge in [-0.2, -0.15) is 0 Å². The van der Waals surface area contributed by atoms with Crippen LogP contribution in [-0.2, 0) is 11.2 Å². The van der Waals surface area contributed by atoms with Gasteiger partial charge in [0.2, 0.25) is 0 Å². The number of rotatable bonds is 3. The molecule has 0 aliphatic rings. The maximum absolute atomic E-state index is 10.4. The summed E-state index contributed by atoms with van der Waals surface area (Å²) >= 11 is 0. The molecule has 1 atom stereocenters. The third kappa shape index (κ3) is 5.05. The first-order valence-corrected chi connectivity index (χ1v) is 3.72. The number of hydrogen-bond donors (Lipinski definition) is 2. The molecule has 4 N–H and O–H groups in total. The first-order valence-electron chi connectivity index (χ1n) is 3.72. The topological polar surface area (TPSA) is 93.3 Å². The Bertz CT molecular complexity index is 266. The molecule has 0 heterocycles.